The van der Waals surface area contributed by atoms with E-state index in [4.69, 9.17) is 15.9 Å². The lowest BCUT2D eigenvalue weighted by Gasteiger charge is -2.11. The van der Waals surface area contributed by atoms with Crippen molar-refractivity contribution >= 4 is 11.9 Å². The monoisotopic (exact) mass is 204 g/mol. The van der Waals surface area contributed by atoms with Crippen LogP contribution in [-0.4, -0.2) is 40.8 Å². The van der Waals surface area contributed by atoms with Gasteiger partial charge >= 0.3 is 5.97 Å². The summed E-state index contributed by atoms with van der Waals surface area (Å²) in [6.45, 7) is 1.15. The maximum absolute atomic E-state index is 11.1. The lowest BCUT2D eigenvalue weighted by Crippen LogP contribution is -2.43. The minimum atomic E-state index is -1.25. The van der Waals surface area contributed by atoms with Gasteiger partial charge in [0, 0.05) is 12.5 Å². The molecule has 2 atom stereocenters. The molecule has 0 aromatic carbocycles. The highest BCUT2D eigenvalue weighted by molar-refractivity contribution is 5.83. The molecule has 6 heteroatoms. The van der Waals surface area contributed by atoms with Crippen molar-refractivity contribution in [1.29, 1.82) is 0 Å². The molecule has 82 valence electrons. The Kier molecular flexibility index (Phi) is 5.82. The van der Waals surface area contributed by atoms with E-state index in [1.165, 1.54) is 0 Å². The van der Waals surface area contributed by atoms with E-state index in [-0.39, 0.29) is 12.5 Å². The van der Waals surface area contributed by atoms with Gasteiger partial charge in [0.1, 0.15) is 6.04 Å². The van der Waals surface area contributed by atoms with Crippen LogP contribution in [0.5, 0.6) is 0 Å². The Bertz CT molecular complexity index is 206. The summed E-state index contributed by atoms with van der Waals surface area (Å²) in [4.78, 5) is 21.5. The fraction of sp³-hybridized carbons (Fsp3) is 0.750. The Hall–Kier alpha value is -1.14. The molecule has 0 saturated carbocycles. The van der Waals surface area contributed by atoms with Crippen molar-refractivity contribution in [2.75, 3.05) is 6.61 Å². The molecule has 0 heterocycles. The topological polar surface area (TPSA) is 113 Å². The summed E-state index contributed by atoms with van der Waals surface area (Å²) in [6, 6.07) is -1.33. The number of nitrogens with two attached hydrogens (primary N) is 1. The highest BCUT2D eigenvalue weighted by Gasteiger charge is 2.18. The number of carboxylic acid groups (broad SMARTS) is 1. The predicted molar refractivity (Wildman–Crippen MR) is 49.5 cm³/mol. The maximum atomic E-state index is 11.1. The normalized spacial score (nSPS) is 14.5. The zero-order valence-electron chi connectivity index (χ0n) is 8.06. The first-order valence-corrected chi connectivity index (χ1v) is 4.36. The summed E-state index contributed by atoms with van der Waals surface area (Å²) in [7, 11) is 0. The second-order valence-electron chi connectivity index (χ2n) is 3.16. The van der Waals surface area contributed by atoms with Gasteiger partial charge in [-0.25, -0.2) is 4.79 Å². The molecule has 0 aliphatic carbocycles. The van der Waals surface area contributed by atoms with Gasteiger partial charge in [-0.2, -0.15) is 0 Å². The molecule has 0 spiro atoms. The third kappa shape index (κ3) is 5.50. The van der Waals surface area contributed by atoms with E-state index < -0.39 is 24.5 Å². The zero-order chi connectivity index (χ0) is 11.1. The van der Waals surface area contributed by atoms with Crippen molar-refractivity contribution in [2.24, 2.45) is 5.73 Å². The minimum absolute atomic E-state index is 0.0989. The third-order valence-electron chi connectivity index (χ3n) is 1.64. The fourth-order valence-electron chi connectivity index (χ4n) is 0.811. The van der Waals surface area contributed by atoms with Crippen LogP contribution >= 0.6 is 0 Å². The molecule has 0 bridgehead atoms. The summed E-state index contributed by atoms with van der Waals surface area (Å²) < 4.78 is 0. The first kappa shape index (κ1) is 12.9. The first-order valence-electron chi connectivity index (χ1n) is 4.36. The number of hydrogen-bond acceptors (Lipinski definition) is 4. The van der Waals surface area contributed by atoms with Crippen LogP contribution in [0.2, 0.25) is 0 Å². The number of amides is 1. The summed E-state index contributed by atoms with van der Waals surface area (Å²) in [5.41, 5.74) is 5.42. The van der Waals surface area contributed by atoms with E-state index in [1.807, 2.05) is 0 Å². The molecule has 0 fully saturated rings. The number of carbonyl (C=O) groups is 2. The van der Waals surface area contributed by atoms with Gasteiger partial charge in [0.05, 0.1) is 6.61 Å². The third-order valence-corrected chi connectivity index (χ3v) is 1.64. The lowest BCUT2D eigenvalue weighted by molar-refractivity contribution is -0.142. The van der Waals surface area contributed by atoms with Crippen LogP contribution in [0.1, 0.15) is 19.8 Å². The smallest absolute Gasteiger partial charge is 0.328 e. The number of carboxylic acids is 1. The molecular weight excluding hydrogens is 188 g/mol. The molecule has 0 rings (SSSR count). The molecule has 5 N–H and O–H groups in total. The van der Waals surface area contributed by atoms with E-state index >= 15 is 0 Å². The number of rotatable bonds is 6. The molecule has 0 radical (unpaired) electrons. The van der Waals surface area contributed by atoms with E-state index in [1.54, 1.807) is 6.92 Å². The van der Waals surface area contributed by atoms with E-state index in [2.05, 4.69) is 5.32 Å². The molecule has 0 aromatic rings. The van der Waals surface area contributed by atoms with Crippen molar-refractivity contribution in [3.8, 4) is 0 Å². The highest BCUT2D eigenvalue weighted by atomic mass is 16.4. The number of carbonyl (C=O) groups excluding carboxylic acids is 1. The summed E-state index contributed by atoms with van der Waals surface area (Å²) in [5.74, 6) is -1.66. The average molecular weight is 204 g/mol. The molecule has 0 saturated heterocycles. The van der Waals surface area contributed by atoms with Gasteiger partial charge in [-0.05, 0) is 13.3 Å². The molecule has 1 unspecified atom stereocenters. The van der Waals surface area contributed by atoms with Crippen LogP contribution in [0, 0.1) is 0 Å². The quantitative estimate of drug-likeness (QED) is 0.428. The van der Waals surface area contributed by atoms with Crippen molar-refractivity contribution < 1.29 is 19.8 Å². The van der Waals surface area contributed by atoms with E-state index in [0.29, 0.717) is 6.42 Å². The second-order valence-corrected chi connectivity index (χ2v) is 3.16. The Morgan fingerprint density at radius 1 is 1.50 bits per heavy atom. The molecule has 0 aromatic heterocycles. The number of aliphatic carboxylic acids is 1. The number of nitrogens with one attached hydrogen (secondary N) is 1. The average Bonchev–Trinajstić information content (AvgIpc) is 2.10. The van der Waals surface area contributed by atoms with Gasteiger partial charge in [-0.3, -0.25) is 4.79 Å². The van der Waals surface area contributed by atoms with Crippen molar-refractivity contribution in [1.82, 2.24) is 5.32 Å². The Labute approximate surface area is 82.1 Å². The van der Waals surface area contributed by atoms with Crippen LogP contribution in [0.15, 0.2) is 0 Å². The summed E-state index contributed by atoms with van der Waals surface area (Å²) >= 11 is 0. The summed E-state index contributed by atoms with van der Waals surface area (Å²) in [5, 5.41) is 19.3. The number of hydrogen-bond donors (Lipinski definition) is 4. The molecule has 1 amide bonds. The minimum Gasteiger partial charge on any atom is -0.480 e. The Balaban J connectivity index is 3.85. The van der Waals surface area contributed by atoms with E-state index in [9.17, 15) is 9.59 Å². The zero-order valence-corrected chi connectivity index (χ0v) is 8.06. The van der Waals surface area contributed by atoms with Gasteiger partial charge in [-0.1, -0.05) is 0 Å². The maximum Gasteiger partial charge on any atom is 0.328 e. The van der Waals surface area contributed by atoms with Gasteiger partial charge in [-0.15, -0.1) is 0 Å². The molecule has 6 nitrogen and oxygen atoms in total. The Morgan fingerprint density at radius 2 is 2.07 bits per heavy atom. The van der Waals surface area contributed by atoms with Crippen LogP contribution in [0.4, 0.5) is 0 Å². The first-order chi connectivity index (χ1) is 6.47. The SMILES string of the molecule is CC(N)CCC(=O)N[C@@H](CO)C(=O)O. The fourth-order valence-corrected chi connectivity index (χ4v) is 0.811. The molecule has 14 heavy (non-hydrogen) atoms. The van der Waals surface area contributed by atoms with Crippen LogP contribution in [-0.2, 0) is 9.59 Å². The second kappa shape index (κ2) is 6.33. The van der Waals surface area contributed by atoms with Crippen molar-refractivity contribution in [2.45, 2.75) is 31.8 Å². The molecular formula is C8H16N2O4. The number of aliphatic hydroxyl groups is 1. The number of aliphatic hydroxyl groups excluding tert-OH is 1. The van der Waals surface area contributed by atoms with Gasteiger partial charge in [0.2, 0.25) is 5.91 Å². The predicted octanol–water partition coefficient (Wildman–Crippen LogP) is -1.32. The molecule has 0 aliphatic heterocycles. The van der Waals surface area contributed by atoms with Crippen LogP contribution in [0.3, 0.4) is 0 Å². The lowest BCUT2D eigenvalue weighted by atomic mass is 10.2. The van der Waals surface area contributed by atoms with Crippen LogP contribution in [0.25, 0.3) is 0 Å². The summed E-state index contributed by atoms with van der Waals surface area (Å²) in [6.07, 6.45) is 0.658. The largest absolute Gasteiger partial charge is 0.480 e. The van der Waals surface area contributed by atoms with Crippen molar-refractivity contribution in [3.63, 3.8) is 0 Å². The standard InChI is InChI=1S/C8H16N2O4/c1-5(9)2-3-7(12)10-6(4-11)8(13)14/h5-6,11H,2-4,9H2,1H3,(H,10,12)(H,13,14)/t5?,6-/m0/s1. The van der Waals surface area contributed by atoms with Gasteiger partial charge in [0.25, 0.3) is 0 Å². The van der Waals surface area contributed by atoms with Crippen molar-refractivity contribution in [3.05, 3.63) is 0 Å². The van der Waals surface area contributed by atoms with Gasteiger partial charge in [0.15, 0.2) is 0 Å². The van der Waals surface area contributed by atoms with Gasteiger partial charge < -0.3 is 21.3 Å². The molecule has 0 aliphatic rings. The van der Waals surface area contributed by atoms with Crippen LogP contribution < -0.4 is 11.1 Å². The highest BCUT2D eigenvalue weighted by Crippen LogP contribution is 1.94. The van der Waals surface area contributed by atoms with E-state index in [0.717, 1.165) is 0 Å². The Morgan fingerprint density at radius 3 is 2.43 bits per heavy atom.